The highest BCUT2D eigenvalue weighted by Crippen LogP contribution is 2.07. The first-order valence-electron chi connectivity index (χ1n) is 5.08. The molecule has 0 saturated carbocycles. The summed E-state index contributed by atoms with van der Waals surface area (Å²) >= 11 is 0. The standard InChI is InChI=1S/C11H16N2O3S/c1-13(7-8-17(2,15)16)11(14)9-3-5-10(12)6-4-9/h3-6H,7-8,12H2,1-2H3. The van der Waals surface area contributed by atoms with Gasteiger partial charge in [0.05, 0.1) is 5.75 Å². The molecular formula is C11H16N2O3S. The monoisotopic (exact) mass is 256 g/mol. The number of hydrogen-bond acceptors (Lipinski definition) is 4. The summed E-state index contributed by atoms with van der Waals surface area (Å²) in [4.78, 5) is 13.2. The number of nitrogens with zero attached hydrogens (tertiary/aromatic N) is 1. The van der Waals surface area contributed by atoms with Gasteiger partial charge in [-0.3, -0.25) is 4.79 Å². The highest BCUT2D eigenvalue weighted by atomic mass is 32.2. The van der Waals surface area contributed by atoms with Crippen molar-refractivity contribution in [3.63, 3.8) is 0 Å². The summed E-state index contributed by atoms with van der Waals surface area (Å²) < 4.78 is 22.0. The first-order valence-corrected chi connectivity index (χ1v) is 7.14. The van der Waals surface area contributed by atoms with Gasteiger partial charge in [-0.1, -0.05) is 0 Å². The number of rotatable bonds is 4. The lowest BCUT2D eigenvalue weighted by Gasteiger charge is -2.16. The van der Waals surface area contributed by atoms with Gasteiger partial charge >= 0.3 is 0 Å². The summed E-state index contributed by atoms with van der Waals surface area (Å²) in [6, 6.07) is 6.51. The van der Waals surface area contributed by atoms with E-state index in [0.29, 0.717) is 11.3 Å². The average Bonchev–Trinajstić information content (AvgIpc) is 2.25. The maximum atomic E-state index is 11.9. The summed E-state index contributed by atoms with van der Waals surface area (Å²) in [7, 11) is -1.48. The molecule has 0 bridgehead atoms. The van der Waals surface area contributed by atoms with Gasteiger partial charge in [-0.15, -0.1) is 0 Å². The fourth-order valence-electron chi connectivity index (χ4n) is 1.25. The quantitative estimate of drug-likeness (QED) is 0.790. The van der Waals surface area contributed by atoms with Crippen LogP contribution in [0.5, 0.6) is 0 Å². The zero-order valence-corrected chi connectivity index (χ0v) is 10.7. The van der Waals surface area contributed by atoms with Crippen molar-refractivity contribution >= 4 is 21.4 Å². The van der Waals surface area contributed by atoms with Crippen molar-refractivity contribution in [2.24, 2.45) is 0 Å². The number of hydrogen-bond donors (Lipinski definition) is 1. The first-order chi connectivity index (χ1) is 7.79. The predicted octanol–water partition coefficient (Wildman–Crippen LogP) is 0.385. The lowest BCUT2D eigenvalue weighted by atomic mass is 10.2. The molecule has 0 aromatic heterocycles. The predicted molar refractivity (Wildman–Crippen MR) is 67.5 cm³/mol. The van der Waals surface area contributed by atoms with Gasteiger partial charge in [0.15, 0.2) is 0 Å². The van der Waals surface area contributed by atoms with E-state index >= 15 is 0 Å². The van der Waals surface area contributed by atoms with Gasteiger partial charge in [-0.05, 0) is 24.3 Å². The largest absolute Gasteiger partial charge is 0.399 e. The second-order valence-electron chi connectivity index (χ2n) is 3.98. The normalized spacial score (nSPS) is 11.2. The van der Waals surface area contributed by atoms with Crippen LogP contribution in [0.25, 0.3) is 0 Å². The Morgan fingerprint density at radius 3 is 2.29 bits per heavy atom. The minimum atomic E-state index is -3.06. The van der Waals surface area contributed by atoms with Gasteiger partial charge < -0.3 is 10.6 Å². The molecule has 0 aliphatic carbocycles. The van der Waals surface area contributed by atoms with E-state index in [2.05, 4.69) is 0 Å². The van der Waals surface area contributed by atoms with Crippen LogP contribution < -0.4 is 5.73 Å². The van der Waals surface area contributed by atoms with Crippen LogP contribution in [0, 0.1) is 0 Å². The van der Waals surface area contributed by atoms with Gasteiger partial charge in [0, 0.05) is 31.1 Å². The topological polar surface area (TPSA) is 80.5 Å². The molecule has 0 radical (unpaired) electrons. The Hall–Kier alpha value is -1.56. The minimum absolute atomic E-state index is 0.0375. The van der Waals surface area contributed by atoms with E-state index in [-0.39, 0.29) is 18.2 Å². The van der Waals surface area contributed by atoms with Crippen molar-refractivity contribution in [2.45, 2.75) is 0 Å². The van der Waals surface area contributed by atoms with Crippen LogP contribution in [0.2, 0.25) is 0 Å². The van der Waals surface area contributed by atoms with E-state index in [1.807, 2.05) is 0 Å². The van der Waals surface area contributed by atoms with E-state index in [1.54, 1.807) is 31.3 Å². The van der Waals surface area contributed by atoms with E-state index in [4.69, 9.17) is 5.73 Å². The van der Waals surface area contributed by atoms with Crippen molar-refractivity contribution in [1.82, 2.24) is 4.90 Å². The molecule has 1 amide bonds. The molecule has 0 fully saturated rings. The zero-order chi connectivity index (χ0) is 13.1. The Kier molecular flexibility index (Phi) is 4.11. The summed E-state index contributed by atoms with van der Waals surface area (Å²) in [6.45, 7) is 0.183. The third-order valence-electron chi connectivity index (χ3n) is 2.30. The molecule has 0 aliphatic rings. The van der Waals surface area contributed by atoms with Gasteiger partial charge in [0.2, 0.25) is 0 Å². The number of anilines is 1. The number of carbonyl (C=O) groups is 1. The van der Waals surface area contributed by atoms with Crippen LogP contribution in [0.4, 0.5) is 5.69 Å². The number of nitrogen functional groups attached to an aromatic ring is 1. The lowest BCUT2D eigenvalue weighted by Crippen LogP contribution is -2.31. The number of benzene rings is 1. The Labute approximate surface area is 101 Å². The van der Waals surface area contributed by atoms with Gasteiger partial charge in [-0.25, -0.2) is 8.42 Å². The maximum absolute atomic E-state index is 11.9. The summed E-state index contributed by atoms with van der Waals surface area (Å²) in [5, 5.41) is 0. The van der Waals surface area contributed by atoms with Gasteiger partial charge in [0.25, 0.3) is 5.91 Å². The summed E-state index contributed by atoms with van der Waals surface area (Å²) in [5.41, 5.74) is 6.59. The Morgan fingerprint density at radius 1 is 1.29 bits per heavy atom. The second kappa shape index (κ2) is 5.18. The number of nitrogens with two attached hydrogens (primary N) is 1. The number of carbonyl (C=O) groups excluding carboxylic acids is 1. The van der Waals surface area contributed by atoms with Gasteiger partial charge in [0.1, 0.15) is 9.84 Å². The fraction of sp³-hybridized carbons (Fsp3) is 0.364. The number of sulfone groups is 1. The first kappa shape index (κ1) is 13.5. The van der Waals surface area contributed by atoms with Crippen molar-refractivity contribution in [3.8, 4) is 0 Å². The molecule has 0 atom stereocenters. The molecule has 0 spiro atoms. The lowest BCUT2D eigenvalue weighted by molar-refractivity contribution is 0.0803. The Bertz CT molecular complexity index is 494. The molecule has 1 rings (SSSR count). The third-order valence-corrected chi connectivity index (χ3v) is 3.23. The Morgan fingerprint density at radius 2 is 1.82 bits per heavy atom. The average molecular weight is 256 g/mol. The van der Waals surface area contributed by atoms with Crippen molar-refractivity contribution in [3.05, 3.63) is 29.8 Å². The Balaban J connectivity index is 2.67. The molecule has 1 aromatic carbocycles. The maximum Gasteiger partial charge on any atom is 0.253 e. The number of amides is 1. The molecule has 2 N–H and O–H groups in total. The highest BCUT2D eigenvalue weighted by Gasteiger charge is 2.13. The van der Waals surface area contributed by atoms with Crippen LogP contribution >= 0.6 is 0 Å². The molecule has 6 heteroatoms. The van der Waals surface area contributed by atoms with Crippen molar-refractivity contribution in [1.29, 1.82) is 0 Å². The van der Waals surface area contributed by atoms with Crippen molar-refractivity contribution in [2.75, 3.05) is 31.3 Å². The van der Waals surface area contributed by atoms with Crippen LogP contribution in [0.15, 0.2) is 24.3 Å². The minimum Gasteiger partial charge on any atom is -0.399 e. The molecule has 17 heavy (non-hydrogen) atoms. The smallest absolute Gasteiger partial charge is 0.253 e. The summed E-state index contributed by atoms with van der Waals surface area (Å²) in [6.07, 6.45) is 1.15. The molecular weight excluding hydrogens is 240 g/mol. The molecule has 0 saturated heterocycles. The molecule has 94 valence electrons. The second-order valence-corrected chi connectivity index (χ2v) is 6.24. The fourth-order valence-corrected chi connectivity index (χ4v) is 1.86. The molecule has 0 aliphatic heterocycles. The third kappa shape index (κ3) is 4.44. The molecule has 1 aromatic rings. The van der Waals surface area contributed by atoms with E-state index in [1.165, 1.54) is 4.90 Å². The summed E-state index contributed by atoms with van der Waals surface area (Å²) in [5.74, 6) is -0.252. The van der Waals surface area contributed by atoms with Crippen molar-refractivity contribution < 1.29 is 13.2 Å². The van der Waals surface area contributed by atoms with E-state index in [0.717, 1.165) is 6.26 Å². The molecule has 0 unspecified atom stereocenters. The van der Waals surface area contributed by atoms with Crippen LogP contribution in [0.3, 0.4) is 0 Å². The molecule has 0 heterocycles. The van der Waals surface area contributed by atoms with E-state index in [9.17, 15) is 13.2 Å². The van der Waals surface area contributed by atoms with Crippen LogP contribution in [0.1, 0.15) is 10.4 Å². The molecule has 5 nitrogen and oxygen atoms in total. The highest BCUT2D eigenvalue weighted by molar-refractivity contribution is 7.90. The zero-order valence-electron chi connectivity index (χ0n) is 9.88. The van der Waals surface area contributed by atoms with Crippen LogP contribution in [-0.2, 0) is 9.84 Å². The SMILES string of the molecule is CN(CCS(C)(=O)=O)C(=O)c1ccc(N)cc1. The van der Waals surface area contributed by atoms with Crippen LogP contribution in [-0.4, -0.2) is 44.8 Å². The van der Waals surface area contributed by atoms with E-state index < -0.39 is 9.84 Å². The van der Waals surface area contributed by atoms with Gasteiger partial charge in [-0.2, -0.15) is 0 Å².